The molecule has 0 spiro atoms. The second kappa shape index (κ2) is 8.19. The van der Waals surface area contributed by atoms with Crippen molar-refractivity contribution in [2.24, 2.45) is 0 Å². The molecule has 2 aromatic rings. The molecule has 0 radical (unpaired) electrons. The van der Waals surface area contributed by atoms with Crippen LogP contribution < -0.4 is 18.9 Å². The molecule has 6 nitrogen and oxygen atoms in total. The quantitative estimate of drug-likeness (QED) is 0.649. The van der Waals surface area contributed by atoms with E-state index in [9.17, 15) is 4.79 Å². The van der Waals surface area contributed by atoms with Crippen molar-refractivity contribution in [3.8, 4) is 23.0 Å². The van der Waals surface area contributed by atoms with Gasteiger partial charge >= 0.3 is 0 Å². The van der Waals surface area contributed by atoms with Crippen molar-refractivity contribution < 1.29 is 28.2 Å². The molecule has 0 aliphatic carbocycles. The first-order chi connectivity index (χ1) is 14.4. The predicted octanol–water partition coefficient (Wildman–Crippen LogP) is 3.70. The second-order valence-electron chi connectivity index (χ2n) is 8.58. The fourth-order valence-corrected chi connectivity index (χ4v) is 4.51. The zero-order valence-corrected chi connectivity index (χ0v) is 18.2. The number of likely N-dealkylation sites (N-methyl/N-ethyl adjacent to an activating group) is 1. The van der Waals surface area contributed by atoms with Crippen molar-refractivity contribution in [1.82, 2.24) is 0 Å². The highest BCUT2D eigenvalue weighted by Crippen LogP contribution is 2.51. The zero-order chi connectivity index (χ0) is 21.3. The molecule has 2 aliphatic rings. The molecule has 0 saturated heterocycles. The Kier molecular flexibility index (Phi) is 5.60. The van der Waals surface area contributed by atoms with Crippen LogP contribution in [0.4, 0.5) is 0 Å². The van der Waals surface area contributed by atoms with Gasteiger partial charge in [-0.05, 0) is 35.7 Å². The van der Waals surface area contributed by atoms with Crippen LogP contribution in [0.3, 0.4) is 0 Å². The maximum absolute atomic E-state index is 13.0. The van der Waals surface area contributed by atoms with Crippen LogP contribution in [0.5, 0.6) is 23.0 Å². The molecular weight excluding hydrogens is 382 g/mol. The van der Waals surface area contributed by atoms with Crippen LogP contribution in [-0.2, 0) is 17.6 Å². The summed E-state index contributed by atoms with van der Waals surface area (Å²) in [5.41, 5.74) is 3.43. The van der Waals surface area contributed by atoms with E-state index in [-0.39, 0.29) is 18.6 Å². The van der Waals surface area contributed by atoms with Gasteiger partial charge in [0.25, 0.3) is 0 Å². The average molecular weight is 413 g/mol. The minimum absolute atomic E-state index is 0.0292. The standard InChI is InChI=1S/C24H30NO5/c1-25(2)12-11-17-13-21-23(30-15-29-21)24(28-4)22(17)20(25)14-18(26)8-5-16-6-9-19(27-3)10-7-16/h6-7,9-10,13,20H,5,8,11-12,14-15H2,1-4H3/q+1/t20-/m1/s1. The normalized spacial score (nSPS) is 18.6. The highest BCUT2D eigenvalue weighted by Gasteiger charge is 2.42. The van der Waals surface area contributed by atoms with E-state index in [2.05, 4.69) is 20.2 Å². The minimum Gasteiger partial charge on any atom is -0.497 e. The Morgan fingerprint density at radius 2 is 1.90 bits per heavy atom. The Labute approximate surface area is 177 Å². The molecule has 0 aromatic heterocycles. The number of methoxy groups -OCH3 is 2. The number of benzene rings is 2. The molecule has 0 unspecified atom stereocenters. The average Bonchev–Trinajstić information content (AvgIpc) is 3.21. The lowest BCUT2D eigenvalue weighted by molar-refractivity contribution is -0.922. The maximum Gasteiger partial charge on any atom is 0.231 e. The van der Waals surface area contributed by atoms with E-state index in [0.717, 1.165) is 52.2 Å². The van der Waals surface area contributed by atoms with Crippen molar-refractivity contribution in [2.75, 3.05) is 41.7 Å². The number of aryl methyl sites for hydroxylation is 1. The lowest BCUT2D eigenvalue weighted by atomic mass is 9.86. The van der Waals surface area contributed by atoms with Gasteiger partial charge in [0.15, 0.2) is 11.5 Å². The number of carbonyl (C=O) groups excluding carboxylic acids is 1. The summed E-state index contributed by atoms with van der Waals surface area (Å²) in [6.45, 7) is 1.17. The second-order valence-corrected chi connectivity index (χ2v) is 8.58. The van der Waals surface area contributed by atoms with Gasteiger partial charge in [0.1, 0.15) is 17.6 Å². The van der Waals surface area contributed by atoms with Gasteiger partial charge < -0.3 is 23.4 Å². The highest BCUT2D eigenvalue weighted by atomic mass is 16.7. The molecular formula is C24H30NO5+. The van der Waals surface area contributed by atoms with Gasteiger partial charge in [-0.3, -0.25) is 4.79 Å². The molecule has 0 amide bonds. The number of ketones is 1. The third kappa shape index (κ3) is 3.84. The van der Waals surface area contributed by atoms with Gasteiger partial charge in [-0.1, -0.05) is 12.1 Å². The van der Waals surface area contributed by atoms with Crippen LogP contribution in [0.25, 0.3) is 0 Å². The number of quaternary nitrogens is 1. The van der Waals surface area contributed by atoms with E-state index < -0.39 is 0 Å². The Hall–Kier alpha value is -2.73. The summed E-state index contributed by atoms with van der Waals surface area (Å²) >= 11 is 0. The highest BCUT2D eigenvalue weighted by molar-refractivity contribution is 5.80. The van der Waals surface area contributed by atoms with Gasteiger partial charge in [-0.15, -0.1) is 0 Å². The largest absolute Gasteiger partial charge is 0.497 e. The lowest BCUT2D eigenvalue weighted by Gasteiger charge is -2.43. The molecule has 2 aromatic carbocycles. The molecule has 0 fully saturated rings. The van der Waals surface area contributed by atoms with Gasteiger partial charge in [-0.25, -0.2) is 0 Å². The number of ether oxygens (including phenoxy) is 4. The molecule has 30 heavy (non-hydrogen) atoms. The van der Waals surface area contributed by atoms with Crippen LogP contribution >= 0.6 is 0 Å². The number of hydrogen-bond acceptors (Lipinski definition) is 5. The van der Waals surface area contributed by atoms with Crippen molar-refractivity contribution in [1.29, 1.82) is 0 Å². The monoisotopic (exact) mass is 412 g/mol. The first kappa shape index (κ1) is 20.5. The van der Waals surface area contributed by atoms with Crippen molar-refractivity contribution in [3.63, 3.8) is 0 Å². The molecule has 6 heteroatoms. The Bertz CT molecular complexity index is 936. The third-order valence-electron chi connectivity index (χ3n) is 6.35. The minimum atomic E-state index is 0.0292. The van der Waals surface area contributed by atoms with Gasteiger partial charge in [0.05, 0.1) is 46.8 Å². The first-order valence-electron chi connectivity index (χ1n) is 10.4. The van der Waals surface area contributed by atoms with Crippen LogP contribution in [-0.4, -0.2) is 51.9 Å². The molecule has 2 heterocycles. The number of nitrogens with zero attached hydrogens (tertiary/aromatic N) is 1. The fraction of sp³-hybridized carbons (Fsp3) is 0.458. The number of Topliss-reactive ketones (excluding diaryl/α,β-unsaturated/α-hetero) is 1. The number of rotatable bonds is 7. The van der Waals surface area contributed by atoms with Crippen LogP contribution in [0, 0.1) is 0 Å². The summed E-state index contributed by atoms with van der Waals surface area (Å²) in [4.78, 5) is 13.0. The topological polar surface area (TPSA) is 54.0 Å². The lowest BCUT2D eigenvalue weighted by Crippen LogP contribution is -2.48. The molecule has 1 atom stereocenters. The molecule has 160 valence electrons. The first-order valence-corrected chi connectivity index (χ1v) is 10.4. The van der Waals surface area contributed by atoms with E-state index in [4.69, 9.17) is 18.9 Å². The van der Waals surface area contributed by atoms with Crippen molar-refractivity contribution >= 4 is 5.78 Å². The summed E-state index contributed by atoms with van der Waals surface area (Å²) in [7, 11) is 7.69. The van der Waals surface area contributed by atoms with E-state index >= 15 is 0 Å². The van der Waals surface area contributed by atoms with E-state index in [0.29, 0.717) is 18.6 Å². The maximum atomic E-state index is 13.0. The molecule has 0 saturated carbocycles. The van der Waals surface area contributed by atoms with E-state index in [1.165, 1.54) is 5.56 Å². The zero-order valence-electron chi connectivity index (χ0n) is 18.2. The number of fused-ring (bicyclic) bond motifs is 2. The van der Waals surface area contributed by atoms with Gasteiger partial charge in [-0.2, -0.15) is 0 Å². The Morgan fingerprint density at radius 3 is 2.60 bits per heavy atom. The van der Waals surface area contributed by atoms with Crippen LogP contribution in [0.15, 0.2) is 30.3 Å². The Balaban J connectivity index is 1.55. The molecule has 4 rings (SSSR count). The fourth-order valence-electron chi connectivity index (χ4n) is 4.51. The number of hydrogen-bond donors (Lipinski definition) is 0. The van der Waals surface area contributed by atoms with Gasteiger partial charge in [0, 0.05) is 12.8 Å². The summed E-state index contributed by atoms with van der Waals surface area (Å²) in [5, 5.41) is 0. The van der Waals surface area contributed by atoms with Crippen LogP contribution in [0.1, 0.15) is 35.6 Å². The molecule has 0 bridgehead atoms. The number of carbonyl (C=O) groups is 1. The summed E-state index contributed by atoms with van der Waals surface area (Å²) in [5.74, 6) is 3.21. The summed E-state index contributed by atoms with van der Waals surface area (Å²) < 4.78 is 23.0. The SMILES string of the molecule is COc1ccc(CCC(=O)C[C@@H]2c3c(cc4c(c3OC)OCO4)CC[N+]2(C)C)cc1. The third-order valence-corrected chi connectivity index (χ3v) is 6.35. The molecule has 0 N–H and O–H groups in total. The summed E-state index contributed by atoms with van der Waals surface area (Å²) in [6.07, 6.45) is 2.65. The Morgan fingerprint density at radius 1 is 1.13 bits per heavy atom. The van der Waals surface area contributed by atoms with E-state index in [1.54, 1.807) is 14.2 Å². The smallest absolute Gasteiger partial charge is 0.231 e. The van der Waals surface area contributed by atoms with Crippen molar-refractivity contribution in [2.45, 2.75) is 31.7 Å². The molecule has 2 aliphatic heterocycles. The predicted molar refractivity (Wildman–Crippen MR) is 113 cm³/mol. The van der Waals surface area contributed by atoms with Crippen LogP contribution in [0.2, 0.25) is 0 Å². The van der Waals surface area contributed by atoms with E-state index in [1.807, 2.05) is 24.3 Å². The van der Waals surface area contributed by atoms with Gasteiger partial charge in [0.2, 0.25) is 12.5 Å². The summed E-state index contributed by atoms with van der Waals surface area (Å²) in [6, 6.07) is 10.0. The van der Waals surface area contributed by atoms with Crippen molar-refractivity contribution in [3.05, 3.63) is 47.0 Å².